The van der Waals surface area contributed by atoms with Gasteiger partial charge in [0.25, 0.3) is 0 Å². The van der Waals surface area contributed by atoms with Crippen LogP contribution in [-0.4, -0.2) is 16.3 Å². The van der Waals surface area contributed by atoms with Crippen molar-refractivity contribution in [3.05, 3.63) is 81.9 Å². The predicted molar refractivity (Wildman–Crippen MR) is 115 cm³/mol. The average Bonchev–Trinajstić information content (AvgIpc) is 3.34. The molecule has 0 amide bonds. The predicted octanol–water partition coefficient (Wildman–Crippen LogP) is 6.11. The molecule has 1 atom stereocenters. The maximum absolute atomic E-state index is 13.6. The quantitative estimate of drug-likeness (QED) is 0.435. The average molecular weight is 408 g/mol. The van der Waals surface area contributed by atoms with Crippen molar-refractivity contribution in [2.45, 2.75) is 31.8 Å². The second-order valence-electron chi connectivity index (χ2n) is 8.39. The summed E-state index contributed by atoms with van der Waals surface area (Å²) in [6.45, 7) is 6.91. The molecule has 1 aliphatic heterocycles. The van der Waals surface area contributed by atoms with Crippen LogP contribution in [-0.2, 0) is 15.8 Å². The first-order chi connectivity index (χ1) is 13.8. The summed E-state index contributed by atoms with van der Waals surface area (Å²) in [6.07, 6.45) is 0. The van der Waals surface area contributed by atoms with Crippen LogP contribution in [0.2, 0.25) is 0 Å². The SMILES string of the molecule is CC1(C)COC(C)(c2cccs2)c2c1n(-c1ccc(F)cc1)c1cccc(O)c21. The lowest BCUT2D eigenvalue weighted by atomic mass is 9.78. The lowest BCUT2D eigenvalue weighted by Crippen LogP contribution is -2.42. The zero-order chi connectivity index (χ0) is 20.4. The summed E-state index contributed by atoms with van der Waals surface area (Å²) in [7, 11) is 0. The van der Waals surface area contributed by atoms with Crippen LogP contribution in [0.4, 0.5) is 4.39 Å². The number of nitrogens with zero attached hydrogens (tertiary/aromatic N) is 1. The number of thiophene rings is 1. The molecule has 3 nitrogen and oxygen atoms in total. The molecule has 4 aromatic rings. The molecular formula is C24H22FNO2S. The lowest BCUT2D eigenvalue weighted by Gasteiger charge is -2.42. The molecule has 148 valence electrons. The monoisotopic (exact) mass is 407 g/mol. The van der Waals surface area contributed by atoms with Gasteiger partial charge in [-0.05, 0) is 54.8 Å². The smallest absolute Gasteiger partial charge is 0.127 e. The number of ether oxygens (including phenoxy) is 1. The van der Waals surface area contributed by atoms with Gasteiger partial charge in [0.15, 0.2) is 0 Å². The van der Waals surface area contributed by atoms with Crippen LogP contribution in [0.5, 0.6) is 5.75 Å². The summed E-state index contributed by atoms with van der Waals surface area (Å²) in [5.74, 6) is -0.0448. The lowest BCUT2D eigenvalue weighted by molar-refractivity contribution is -0.0414. The molecule has 1 N–H and O–H groups in total. The van der Waals surface area contributed by atoms with Crippen molar-refractivity contribution < 1.29 is 14.2 Å². The van der Waals surface area contributed by atoms with Crippen molar-refractivity contribution in [1.29, 1.82) is 0 Å². The second-order valence-corrected chi connectivity index (χ2v) is 9.34. The molecule has 0 bridgehead atoms. The molecule has 0 spiro atoms. The highest BCUT2D eigenvalue weighted by molar-refractivity contribution is 7.10. The molecule has 0 saturated heterocycles. The minimum absolute atomic E-state index is 0.226. The van der Waals surface area contributed by atoms with Crippen LogP contribution in [0, 0.1) is 5.82 Å². The van der Waals surface area contributed by atoms with Gasteiger partial charge >= 0.3 is 0 Å². The van der Waals surface area contributed by atoms with E-state index in [-0.39, 0.29) is 17.0 Å². The molecule has 0 fully saturated rings. The van der Waals surface area contributed by atoms with Crippen molar-refractivity contribution in [2.75, 3.05) is 6.61 Å². The van der Waals surface area contributed by atoms with E-state index in [4.69, 9.17) is 4.74 Å². The number of aromatic hydroxyl groups is 1. The third-order valence-corrected chi connectivity index (χ3v) is 6.96. The highest BCUT2D eigenvalue weighted by Crippen LogP contribution is 2.52. The summed E-state index contributed by atoms with van der Waals surface area (Å²) >= 11 is 1.65. The van der Waals surface area contributed by atoms with Gasteiger partial charge in [-0.15, -0.1) is 11.3 Å². The molecule has 0 aliphatic carbocycles. The van der Waals surface area contributed by atoms with Gasteiger partial charge < -0.3 is 14.4 Å². The van der Waals surface area contributed by atoms with E-state index in [1.54, 1.807) is 29.5 Å². The summed E-state index contributed by atoms with van der Waals surface area (Å²) in [5.41, 5.74) is 2.85. The van der Waals surface area contributed by atoms with Crippen LogP contribution < -0.4 is 0 Å². The summed E-state index contributed by atoms with van der Waals surface area (Å²) in [4.78, 5) is 1.09. The highest BCUT2D eigenvalue weighted by Gasteiger charge is 2.47. The largest absolute Gasteiger partial charge is 0.507 e. The zero-order valence-corrected chi connectivity index (χ0v) is 17.4. The molecular weight excluding hydrogens is 385 g/mol. The first kappa shape index (κ1) is 18.4. The Morgan fingerprint density at radius 2 is 1.79 bits per heavy atom. The number of halogens is 1. The molecule has 5 rings (SSSR count). The van der Waals surface area contributed by atoms with Gasteiger partial charge in [-0.1, -0.05) is 26.0 Å². The van der Waals surface area contributed by atoms with Gasteiger partial charge in [0.1, 0.15) is 17.2 Å². The van der Waals surface area contributed by atoms with Crippen LogP contribution in [0.1, 0.15) is 36.9 Å². The summed E-state index contributed by atoms with van der Waals surface area (Å²) in [6, 6.07) is 16.2. The first-order valence-electron chi connectivity index (χ1n) is 9.64. The van der Waals surface area contributed by atoms with Crippen LogP contribution in [0.25, 0.3) is 16.6 Å². The van der Waals surface area contributed by atoms with Gasteiger partial charge in [0.05, 0.1) is 12.1 Å². The number of benzene rings is 2. The first-order valence-corrected chi connectivity index (χ1v) is 10.5. The van der Waals surface area contributed by atoms with E-state index >= 15 is 0 Å². The van der Waals surface area contributed by atoms with E-state index in [0.717, 1.165) is 32.7 Å². The topological polar surface area (TPSA) is 34.4 Å². The summed E-state index contributed by atoms with van der Waals surface area (Å²) in [5, 5.41) is 13.7. The molecule has 5 heteroatoms. The minimum Gasteiger partial charge on any atom is -0.507 e. The van der Waals surface area contributed by atoms with E-state index < -0.39 is 5.60 Å². The third-order valence-electron chi connectivity index (χ3n) is 5.89. The van der Waals surface area contributed by atoms with Gasteiger partial charge in [0.2, 0.25) is 0 Å². The Hall–Kier alpha value is -2.63. The molecule has 0 radical (unpaired) electrons. The van der Waals surface area contributed by atoms with E-state index in [1.165, 1.54) is 12.1 Å². The van der Waals surface area contributed by atoms with Crippen LogP contribution in [0.3, 0.4) is 0 Å². The molecule has 29 heavy (non-hydrogen) atoms. The zero-order valence-electron chi connectivity index (χ0n) is 16.6. The van der Waals surface area contributed by atoms with Crippen LogP contribution in [0.15, 0.2) is 60.0 Å². The van der Waals surface area contributed by atoms with Crippen molar-refractivity contribution in [2.24, 2.45) is 0 Å². The number of phenolic OH excluding ortho intramolecular Hbond substituents is 1. The number of rotatable bonds is 2. The highest BCUT2D eigenvalue weighted by atomic mass is 32.1. The fraction of sp³-hybridized carbons (Fsp3) is 0.250. The number of phenols is 1. The van der Waals surface area contributed by atoms with Gasteiger partial charge in [-0.3, -0.25) is 0 Å². The Bertz CT molecular complexity index is 1210. The van der Waals surface area contributed by atoms with E-state index in [2.05, 4.69) is 31.4 Å². The van der Waals surface area contributed by atoms with Crippen molar-refractivity contribution >= 4 is 22.2 Å². The van der Waals surface area contributed by atoms with Crippen molar-refractivity contribution in [3.8, 4) is 11.4 Å². The second kappa shape index (κ2) is 6.18. The fourth-order valence-electron chi connectivity index (χ4n) is 4.49. The van der Waals surface area contributed by atoms with Crippen molar-refractivity contribution in [3.63, 3.8) is 0 Å². The maximum Gasteiger partial charge on any atom is 0.127 e. The third kappa shape index (κ3) is 2.57. The van der Waals surface area contributed by atoms with Crippen LogP contribution >= 0.6 is 11.3 Å². The van der Waals surface area contributed by atoms with Gasteiger partial charge in [-0.25, -0.2) is 4.39 Å². The van der Waals surface area contributed by atoms with Gasteiger partial charge in [0, 0.05) is 32.6 Å². The molecule has 1 aliphatic rings. The molecule has 1 unspecified atom stereocenters. The van der Waals surface area contributed by atoms with E-state index in [9.17, 15) is 9.50 Å². The maximum atomic E-state index is 13.6. The molecule has 2 aromatic carbocycles. The number of hydrogen-bond donors (Lipinski definition) is 1. The fourth-order valence-corrected chi connectivity index (χ4v) is 5.34. The number of aromatic nitrogens is 1. The molecule has 0 saturated carbocycles. The molecule has 3 heterocycles. The van der Waals surface area contributed by atoms with Gasteiger partial charge in [-0.2, -0.15) is 0 Å². The van der Waals surface area contributed by atoms with E-state index in [0.29, 0.717) is 6.61 Å². The summed E-state index contributed by atoms with van der Waals surface area (Å²) < 4.78 is 22.3. The Kier molecular flexibility index (Phi) is 3.92. The standard InChI is InChI=1S/C24H22FNO2S/c1-23(2)14-28-24(3,19-8-5-13-29-19)21-20-17(6-4-7-18(20)27)26(22(21)23)16-11-9-15(25)10-12-16/h4-13,27H,14H2,1-3H3. The Labute approximate surface area is 173 Å². The number of hydrogen-bond acceptors (Lipinski definition) is 3. The van der Waals surface area contributed by atoms with E-state index in [1.807, 2.05) is 23.6 Å². The minimum atomic E-state index is -0.679. The molecule has 2 aromatic heterocycles. The Morgan fingerprint density at radius 3 is 2.48 bits per heavy atom. The number of fused-ring (bicyclic) bond motifs is 3. The Morgan fingerprint density at radius 1 is 1.03 bits per heavy atom. The normalized spacial score (nSPS) is 20.7. The van der Waals surface area contributed by atoms with Crippen molar-refractivity contribution in [1.82, 2.24) is 4.57 Å². The Balaban J connectivity index is 1.96.